The summed E-state index contributed by atoms with van der Waals surface area (Å²) in [7, 11) is -4.23. The van der Waals surface area contributed by atoms with E-state index in [1.165, 1.54) is 43.3 Å². The molecule has 1 radical (unpaired) electrons. The summed E-state index contributed by atoms with van der Waals surface area (Å²) in [5, 5.41) is 93.5. The van der Waals surface area contributed by atoms with Gasteiger partial charge in [0.25, 0.3) is 11.4 Å². The number of hydrogen-bond acceptors (Lipinski definition) is 15. The first-order valence-electron chi connectivity index (χ1n) is 14.5. The van der Waals surface area contributed by atoms with Gasteiger partial charge in [-0.05, 0) is 48.7 Å². The van der Waals surface area contributed by atoms with Crippen LogP contribution in [0.15, 0.2) is 122 Å². The van der Waals surface area contributed by atoms with Crippen molar-refractivity contribution in [3.63, 3.8) is 0 Å². The minimum atomic E-state index is -4.23. The number of aromatic hydroxyl groups is 2. The number of aryl methyl sites for hydroxylation is 1. The summed E-state index contributed by atoms with van der Waals surface area (Å²) in [5.41, 5.74) is -0.434. The predicted octanol–water partition coefficient (Wildman–Crippen LogP) is 6.96. The number of nitrogens with one attached hydrogen (secondary N) is 1. The van der Waals surface area contributed by atoms with Crippen molar-refractivity contribution in [3.8, 4) is 28.8 Å². The zero-order valence-corrected chi connectivity index (χ0v) is 28.9. The van der Waals surface area contributed by atoms with Crippen molar-refractivity contribution >= 4 is 54.9 Å². The van der Waals surface area contributed by atoms with Crippen LogP contribution in [0.2, 0.25) is 0 Å². The Labute approximate surface area is 309 Å². The van der Waals surface area contributed by atoms with E-state index >= 15 is 0 Å². The normalized spacial score (nSPS) is 11.3. The van der Waals surface area contributed by atoms with Crippen LogP contribution in [0, 0.1) is 27.2 Å². The van der Waals surface area contributed by atoms with Crippen molar-refractivity contribution in [2.24, 2.45) is 20.5 Å². The van der Waals surface area contributed by atoms with Gasteiger partial charge < -0.3 is 25.6 Å². The number of fused-ring (bicyclic) bond motifs is 1. The third-order valence-electron chi connectivity index (χ3n) is 7.08. The van der Waals surface area contributed by atoms with E-state index in [4.69, 9.17) is 5.14 Å². The number of rotatable bonds is 8. The van der Waals surface area contributed by atoms with Gasteiger partial charge in [-0.1, -0.05) is 42.1 Å². The molecule has 0 saturated heterocycles. The van der Waals surface area contributed by atoms with Gasteiger partial charge >= 0.3 is 17.4 Å². The third kappa shape index (κ3) is 8.93. The molecule has 6 rings (SSSR count). The fourth-order valence-electron chi connectivity index (χ4n) is 4.54. The van der Waals surface area contributed by atoms with Crippen molar-refractivity contribution in [3.05, 3.63) is 128 Å². The van der Waals surface area contributed by atoms with Crippen molar-refractivity contribution < 1.29 is 56.1 Å². The molecule has 0 unspecified atom stereocenters. The Bertz CT molecular complexity index is 2540. The molecule has 0 bridgehead atoms. The van der Waals surface area contributed by atoms with Gasteiger partial charge in [0, 0.05) is 29.5 Å². The Morgan fingerprint density at radius 3 is 2.00 bits per heavy atom. The Morgan fingerprint density at radius 1 is 0.736 bits per heavy atom. The maximum Gasteiger partial charge on any atom is 3.00 e. The van der Waals surface area contributed by atoms with Crippen molar-refractivity contribution in [2.75, 3.05) is 0 Å². The molecule has 0 spiro atoms. The third-order valence-corrected chi connectivity index (χ3v) is 7.95. The molecule has 0 fully saturated rings. The van der Waals surface area contributed by atoms with Crippen molar-refractivity contribution in [1.82, 2.24) is 9.78 Å². The zero-order valence-electron chi connectivity index (χ0n) is 26.8. The molecular weight excluding hydrogens is 754 g/mol. The minimum absolute atomic E-state index is 0. The van der Waals surface area contributed by atoms with Crippen LogP contribution < -0.4 is 10.2 Å². The van der Waals surface area contributed by atoms with Gasteiger partial charge in [0.15, 0.2) is 0 Å². The number of azo groups is 2. The molecule has 19 nitrogen and oxygen atoms in total. The van der Waals surface area contributed by atoms with Crippen LogP contribution >= 0.6 is 0 Å². The second-order valence-corrected chi connectivity index (χ2v) is 12.0. The summed E-state index contributed by atoms with van der Waals surface area (Å²) in [6.45, 7) is 1.46. The molecule has 0 atom stereocenters. The van der Waals surface area contributed by atoms with E-state index in [0.717, 1.165) is 40.4 Å². The van der Waals surface area contributed by atoms with Crippen LogP contribution in [0.4, 0.5) is 34.1 Å². The van der Waals surface area contributed by atoms with E-state index in [-0.39, 0.29) is 73.6 Å². The quantitative estimate of drug-likeness (QED) is 0.0903. The molecule has 0 saturated carbocycles. The number of phenolic OH excluding ortho intramolecular Hbond substituents is 2. The molecule has 0 amide bonds. The number of nitro groups is 2. The Morgan fingerprint density at radius 2 is 1.36 bits per heavy atom. The Balaban J connectivity index is 0.000000238. The number of aromatic nitrogens is 2. The van der Waals surface area contributed by atoms with Crippen LogP contribution in [0.1, 0.15) is 5.69 Å². The van der Waals surface area contributed by atoms with Crippen LogP contribution in [0.5, 0.6) is 23.1 Å². The summed E-state index contributed by atoms with van der Waals surface area (Å²) < 4.78 is 23.7. The molecule has 3 N–H and O–H groups in total. The number of sulfonamides is 1. The molecular formula is C32H22CrN9O10S. The molecule has 53 heavy (non-hydrogen) atoms. The first kappa shape index (κ1) is 39.0. The summed E-state index contributed by atoms with van der Waals surface area (Å²) in [6, 6.07) is 22.2. The number of nitro benzene ring substituents is 2. The fraction of sp³-hybridized carbons (Fsp3) is 0.0312. The second-order valence-electron chi connectivity index (χ2n) is 10.5. The van der Waals surface area contributed by atoms with Gasteiger partial charge in [-0.3, -0.25) is 20.2 Å². The number of nitrogens with zero attached hydrogens (tertiary/aromatic N) is 8. The molecule has 0 aliphatic heterocycles. The molecule has 0 aliphatic carbocycles. The van der Waals surface area contributed by atoms with Gasteiger partial charge in [0.2, 0.25) is 0 Å². The average molecular weight is 777 g/mol. The molecule has 6 aromatic rings. The maximum atomic E-state index is 12.6. The van der Waals surface area contributed by atoms with E-state index in [0.29, 0.717) is 5.39 Å². The first-order chi connectivity index (χ1) is 24.6. The van der Waals surface area contributed by atoms with Crippen molar-refractivity contribution in [1.29, 1.82) is 0 Å². The zero-order chi connectivity index (χ0) is 37.7. The van der Waals surface area contributed by atoms with Crippen LogP contribution in [-0.4, -0.2) is 38.3 Å². The van der Waals surface area contributed by atoms with Gasteiger partial charge in [-0.25, -0.2) is 13.1 Å². The summed E-state index contributed by atoms with van der Waals surface area (Å²) in [5.74, 6) is -1.87. The first-order valence-corrected chi connectivity index (χ1v) is 16.0. The van der Waals surface area contributed by atoms with Crippen LogP contribution in [0.3, 0.4) is 0 Å². The predicted molar refractivity (Wildman–Crippen MR) is 181 cm³/mol. The standard InChI is InChI=1S/C16H13N6O6S.C16H11N3O4.Cr/c1-9-15(19-18-13-6-5-11(22(25)26)8-14(13)23)16(24)21(20-9)10-3-2-4-12(7-10)29(17,27)28;20-14-8-5-10-3-1-2-4-12(10)16(14)18-17-13-7-6-11(19(22)23)9-15(13)21;/h2-8H,1H3,(H3-,17,18,19,20,23,24,27,28);1-9,20-21H;/q-1;;+3/p-2. The average Bonchev–Trinajstić information content (AvgIpc) is 3.39. The number of phenols is 2. The van der Waals surface area contributed by atoms with E-state index in [1.807, 2.05) is 18.2 Å². The molecule has 21 heteroatoms. The Kier molecular flexibility index (Phi) is 11.8. The maximum absolute atomic E-state index is 12.6. The number of non-ortho nitro benzene ring substituents is 2. The topological polar surface area (TPSA) is 298 Å². The minimum Gasteiger partial charge on any atom is -0.871 e. The van der Waals surface area contributed by atoms with E-state index < -0.39 is 37.2 Å². The molecule has 1 heterocycles. The van der Waals surface area contributed by atoms with Crippen molar-refractivity contribution in [2.45, 2.75) is 11.8 Å². The number of hydrogen-bond donors (Lipinski definition) is 2. The van der Waals surface area contributed by atoms with Gasteiger partial charge in [-0.15, -0.1) is 15.3 Å². The number of benzene rings is 5. The summed E-state index contributed by atoms with van der Waals surface area (Å²) in [6.07, 6.45) is 0. The van der Waals surface area contributed by atoms with Gasteiger partial charge in [0.1, 0.15) is 28.6 Å². The Hall–Kier alpha value is -6.79. The SMILES string of the molecule is Cc1nn(-c2cccc(S([NH-])(=O)=O)c2)c([O-])c1N=Nc1ccc([N+](=O)[O-])cc1[O-].O=[N+]([O-])c1ccc(N=Nc2c(O)ccc3ccccc23)c(O)c1.[Cr+3]. The monoisotopic (exact) mass is 776 g/mol. The van der Waals surface area contributed by atoms with E-state index in [2.05, 4.69) is 25.6 Å². The smallest absolute Gasteiger partial charge is 0.871 e. The van der Waals surface area contributed by atoms with Gasteiger partial charge in [-0.2, -0.15) is 10.2 Å². The fourth-order valence-corrected chi connectivity index (χ4v) is 5.07. The second kappa shape index (κ2) is 16.0. The summed E-state index contributed by atoms with van der Waals surface area (Å²) in [4.78, 5) is 19.7. The molecule has 1 aromatic heterocycles. The molecule has 5 aromatic carbocycles. The van der Waals surface area contributed by atoms with Gasteiger partial charge in [0.05, 0.1) is 47.9 Å². The van der Waals surface area contributed by atoms with E-state index in [9.17, 15) is 49.1 Å². The summed E-state index contributed by atoms with van der Waals surface area (Å²) >= 11 is 0. The molecule has 267 valence electrons. The largest absolute Gasteiger partial charge is 3.00 e. The van der Waals surface area contributed by atoms with E-state index in [1.54, 1.807) is 12.1 Å². The van der Waals surface area contributed by atoms with Crippen LogP contribution in [-0.2, 0) is 27.4 Å². The molecule has 0 aliphatic rings. The van der Waals surface area contributed by atoms with Crippen LogP contribution in [0.25, 0.3) is 21.6 Å².